The van der Waals surface area contributed by atoms with Crippen LogP contribution < -0.4 is 11.1 Å². The Morgan fingerprint density at radius 1 is 1.37 bits per heavy atom. The zero-order chi connectivity index (χ0) is 13.4. The summed E-state index contributed by atoms with van der Waals surface area (Å²) in [7, 11) is 0. The normalized spacial score (nSPS) is 19.6. The van der Waals surface area contributed by atoms with Crippen molar-refractivity contribution in [1.82, 2.24) is 5.32 Å². The van der Waals surface area contributed by atoms with E-state index in [2.05, 4.69) is 19.2 Å². The van der Waals surface area contributed by atoms with Crippen molar-refractivity contribution < 1.29 is 9.53 Å². The molecule has 1 heterocycles. The van der Waals surface area contributed by atoms with E-state index in [1.165, 1.54) is 6.42 Å². The number of nitrogens with two attached hydrogens (primary N) is 1. The summed E-state index contributed by atoms with van der Waals surface area (Å²) in [6, 6.07) is 0. The number of carbonyl (C=O) groups is 1. The van der Waals surface area contributed by atoms with Crippen LogP contribution >= 0.6 is 12.4 Å². The largest absolute Gasteiger partial charge is 0.378 e. The highest BCUT2D eigenvalue weighted by Gasteiger charge is 2.26. The molecule has 0 aliphatic carbocycles. The minimum atomic E-state index is -0.218. The van der Waals surface area contributed by atoms with Gasteiger partial charge in [0, 0.05) is 19.6 Å². The number of rotatable bonds is 7. The SMILES string of the molecule is CCC(CC)(CN)NC(=O)CCC1CCCCO1.Cl. The van der Waals surface area contributed by atoms with Gasteiger partial charge in [0.15, 0.2) is 0 Å². The summed E-state index contributed by atoms with van der Waals surface area (Å²) in [5.41, 5.74) is 5.56. The third-order valence-corrected chi connectivity index (χ3v) is 4.12. The van der Waals surface area contributed by atoms with Gasteiger partial charge in [0.2, 0.25) is 5.91 Å². The molecule has 0 saturated carbocycles. The minimum Gasteiger partial charge on any atom is -0.378 e. The lowest BCUT2D eigenvalue weighted by Gasteiger charge is -2.32. The molecule has 1 fully saturated rings. The Morgan fingerprint density at radius 3 is 2.53 bits per heavy atom. The van der Waals surface area contributed by atoms with Crippen LogP contribution in [0.2, 0.25) is 0 Å². The molecule has 1 unspecified atom stereocenters. The standard InChI is InChI=1S/C14H28N2O2.ClH/c1-3-14(4-2,11-15)16-13(17)9-8-12-7-5-6-10-18-12;/h12H,3-11,15H2,1-2H3,(H,16,17);1H. The molecule has 114 valence electrons. The summed E-state index contributed by atoms with van der Waals surface area (Å²) < 4.78 is 5.63. The predicted molar refractivity (Wildman–Crippen MR) is 80.6 cm³/mol. The lowest BCUT2D eigenvalue weighted by atomic mass is 9.92. The third kappa shape index (κ3) is 6.11. The maximum Gasteiger partial charge on any atom is 0.220 e. The molecular weight excluding hydrogens is 264 g/mol. The second kappa shape index (κ2) is 9.56. The molecule has 19 heavy (non-hydrogen) atoms. The van der Waals surface area contributed by atoms with E-state index in [-0.39, 0.29) is 30.0 Å². The average Bonchev–Trinajstić information content (AvgIpc) is 2.44. The predicted octanol–water partition coefficient (Wildman–Crippen LogP) is 2.39. The van der Waals surface area contributed by atoms with Gasteiger partial charge in [-0.25, -0.2) is 0 Å². The highest BCUT2D eigenvalue weighted by Crippen LogP contribution is 2.18. The zero-order valence-electron chi connectivity index (χ0n) is 12.2. The Morgan fingerprint density at radius 2 is 2.05 bits per heavy atom. The van der Waals surface area contributed by atoms with Crippen molar-refractivity contribution in [3.63, 3.8) is 0 Å². The smallest absolute Gasteiger partial charge is 0.220 e. The second-order valence-corrected chi connectivity index (χ2v) is 5.27. The second-order valence-electron chi connectivity index (χ2n) is 5.27. The maximum atomic E-state index is 12.0. The highest BCUT2D eigenvalue weighted by atomic mass is 35.5. The average molecular weight is 293 g/mol. The van der Waals surface area contributed by atoms with Gasteiger partial charge in [-0.1, -0.05) is 13.8 Å². The summed E-state index contributed by atoms with van der Waals surface area (Å²) >= 11 is 0. The van der Waals surface area contributed by atoms with Crippen molar-refractivity contribution >= 4 is 18.3 Å². The van der Waals surface area contributed by atoms with Gasteiger partial charge in [0.1, 0.15) is 0 Å². The van der Waals surface area contributed by atoms with Crippen molar-refractivity contribution in [2.24, 2.45) is 5.73 Å². The third-order valence-electron chi connectivity index (χ3n) is 4.12. The molecule has 4 nitrogen and oxygen atoms in total. The van der Waals surface area contributed by atoms with Crippen molar-refractivity contribution in [3.8, 4) is 0 Å². The molecule has 1 aliphatic heterocycles. The number of halogens is 1. The first-order valence-electron chi connectivity index (χ1n) is 7.28. The van der Waals surface area contributed by atoms with Crippen molar-refractivity contribution in [1.29, 1.82) is 0 Å². The molecular formula is C14H29ClN2O2. The summed E-state index contributed by atoms with van der Waals surface area (Å²) in [4.78, 5) is 12.0. The van der Waals surface area contributed by atoms with Crippen molar-refractivity contribution in [2.45, 2.75) is 70.4 Å². The molecule has 1 atom stereocenters. The number of ether oxygens (including phenoxy) is 1. The quantitative estimate of drug-likeness (QED) is 0.757. The van der Waals surface area contributed by atoms with Crippen LogP contribution in [0.3, 0.4) is 0 Å². The van der Waals surface area contributed by atoms with Crippen LogP contribution in [0.1, 0.15) is 58.8 Å². The number of carbonyl (C=O) groups excluding carboxylic acids is 1. The topological polar surface area (TPSA) is 64.3 Å². The van der Waals surface area contributed by atoms with Gasteiger partial charge in [-0.05, 0) is 38.5 Å². The van der Waals surface area contributed by atoms with E-state index in [4.69, 9.17) is 10.5 Å². The van der Waals surface area contributed by atoms with Crippen LogP contribution in [-0.4, -0.2) is 30.7 Å². The van der Waals surface area contributed by atoms with E-state index in [0.29, 0.717) is 13.0 Å². The number of hydrogen-bond donors (Lipinski definition) is 2. The van der Waals surface area contributed by atoms with Crippen LogP contribution in [0.25, 0.3) is 0 Å². The van der Waals surface area contributed by atoms with E-state index in [9.17, 15) is 4.79 Å². The van der Waals surface area contributed by atoms with Gasteiger partial charge in [-0.3, -0.25) is 4.79 Å². The van der Waals surface area contributed by atoms with Gasteiger partial charge in [0.25, 0.3) is 0 Å². The first-order chi connectivity index (χ1) is 8.65. The lowest BCUT2D eigenvalue weighted by molar-refractivity contribution is -0.124. The summed E-state index contributed by atoms with van der Waals surface area (Å²) in [6.07, 6.45) is 6.90. The first kappa shape index (κ1) is 18.7. The number of nitrogens with one attached hydrogen (secondary N) is 1. The van der Waals surface area contributed by atoms with Crippen molar-refractivity contribution in [3.05, 3.63) is 0 Å². The highest BCUT2D eigenvalue weighted by molar-refractivity contribution is 5.85. The Balaban J connectivity index is 0.00000324. The molecule has 0 radical (unpaired) electrons. The molecule has 1 aliphatic rings. The molecule has 0 aromatic carbocycles. The molecule has 1 amide bonds. The molecule has 5 heteroatoms. The van der Waals surface area contributed by atoms with Crippen LogP contribution in [-0.2, 0) is 9.53 Å². The summed E-state index contributed by atoms with van der Waals surface area (Å²) in [5.74, 6) is 0.110. The maximum absolute atomic E-state index is 12.0. The Bertz CT molecular complexity index is 244. The fraction of sp³-hybridized carbons (Fsp3) is 0.929. The summed E-state index contributed by atoms with van der Waals surface area (Å²) in [6.45, 7) is 5.50. The van der Waals surface area contributed by atoms with Crippen LogP contribution in [0.15, 0.2) is 0 Å². The fourth-order valence-corrected chi connectivity index (χ4v) is 2.45. The van der Waals surface area contributed by atoms with E-state index in [1.54, 1.807) is 0 Å². The summed E-state index contributed by atoms with van der Waals surface area (Å²) in [5, 5.41) is 3.10. The number of amides is 1. The molecule has 0 aromatic rings. The van der Waals surface area contributed by atoms with Gasteiger partial charge < -0.3 is 15.8 Å². The lowest BCUT2D eigenvalue weighted by Crippen LogP contribution is -2.52. The van der Waals surface area contributed by atoms with Gasteiger partial charge in [-0.15, -0.1) is 12.4 Å². The zero-order valence-corrected chi connectivity index (χ0v) is 13.1. The van der Waals surface area contributed by atoms with E-state index in [0.717, 1.165) is 38.7 Å². The molecule has 3 N–H and O–H groups in total. The Hall–Kier alpha value is -0.320. The fourth-order valence-electron chi connectivity index (χ4n) is 2.45. The molecule has 1 saturated heterocycles. The van der Waals surface area contributed by atoms with Crippen LogP contribution in [0.5, 0.6) is 0 Å². The first-order valence-corrected chi connectivity index (χ1v) is 7.28. The van der Waals surface area contributed by atoms with Gasteiger partial charge in [0.05, 0.1) is 11.6 Å². The Labute approximate surface area is 123 Å². The molecule has 0 spiro atoms. The molecule has 1 rings (SSSR count). The van der Waals surface area contributed by atoms with E-state index < -0.39 is 0 Å². The molecule has 0 aromatic heterocycles. The molecule has 0 bridgehead atoms. The van der Waals surface area contributed by atoms with Gasteiger partial charge >= 0.3 is 0 Å². The minimum absolute atomic E-state index is 0. The number of hydrogen-bond acceptors (Lipinski definition) is 3. The monoisotopic (exact) mass is 292 g/mol. The van der Waals surface area contributed by atoms with E-state index in [1.807, 2.05) is 0 Å². The van der Waals surface area contributed by atoms with Crippen LogP contribution in [0, 0.1) is 0 Å². The van der Waals surface area contributed by atoms with Crippen molar-refractivity contribution in [2.75, 3.05) is 13.2 Å². The van der Waals surface area contributed by atoms with E-state index >= 15 is 0 Å². The Kier molecular flexibility index (Phi) is 9.40. The van der Waals surface area contributed by atoms with Crippen LogP contribution in [0.4, 0.5) is 0 Å². The van der Waals surface area contributed by atoms with Gasteiger partial charge in [-0.2, -0.15) is 0 Å².